The van der Waals surface area contributed by atoms with Gasteiger partial charge in [-0.2, -0.15) is 0 Å². The molecule has 0 atom stereocenters. The molecule has 1 aromatic heterocycles. The van der Waals surface area contributed by atoms with Crippen LogP contribution in [0.2, 0.25) is 0 Å². The summed E-state index contributed by atoms with van der Waals surface area (Å²) in [5.74, 6) is 0.0828. The van der Waals surface area contributed by atoms with Crippen molar-refractivity contribution in [3.05, 3.63) is 76.0 Å². The number of hydrogen-bond acceptors (Lipinski definition) is 4. The van der Waals surface area contributed by atoms with Crippen molar-refractivity contribution in [3.8, 4) is 0 Å². The summed E-state index contributed by atoms with van der Waals surface area (Å²) in [6.07, 6.45) is 0. The Morgan fingerprint density at radius 3 is 2.92 bits per heavy atom. The third-order valence-corrected chi connectivity index (χ3v) is 5.18. The zero-order valence-electron chi connectivity index (χ0n) is 13.0. The normalized spacial score (nSPS) is 10.6. The summed E-state index contributed by atoms with van der Waals surface area (Å²) >= 11 is 3.11. The van der Waals surface area contributed by atoms with Crippen molar-refractivity contribution in [2.24, 2.45) is 0 Å². The van der Waals surface area contributed by atoms with Crippen molar-refractivity contribution in [3.63, 3.8) is 0 Å². The molecule has 0 aliphatic carbocycles. The topological polar surface area (TPSA) is 42.0 Å². The first-order valence-corrected chi connectivity index (χ1v) is 9.23. The Morgan fingerprint density at radius 1 is 1.29 bits per heavy atom. The molecular formula is C18H15FN2OS2. The molecule has 3 rings (SSSR count). The van der Waals surface area contributed by atoms with Crippen molar-refractivity contribution in [2.45, 2.75) is 17.6 Å². The Kier molecular flexibility index (Phi) is 5.27. The molecule has 0 unspecified atom stereocenters. The van der Waals surface area contributed by atoms with E-state index in [9.17, 15) is 9.18 Å². The average Bonchev–Trinajstić information content (AvgIpc) is 3.10. The molecule has 0 aliphatic heterocycles. The van der Waals surface area contributed by atoms with E-state index in [1.54, 1.807) is 40.7 Å². The van der Waals surface area contributed by atoms with Gasteiger partial charge in [-0.1, -0.05) is 18.2 Å². The van der Waals surface area contributed by atoms with Crippen LogP contribution in [0.5, 0.6) is 0 Å². The maximum absolute atomic E-state index is 13.4. The van der Waals surface area contributed by atoms with Gasteiger partial charge in [0.15, 0.2) is 0 Å². The molecule has 0 saturated heterocycles. The standard InChI is InChI=1S/C18H15FN2OS2/c1-12-6-7-13(19)8-16(12)21-18(22)15-4-2-3-5-17(15)24-10-14-9-23-11-20-14/h2-9,11H,10H2,1H3,(H,21,22). The predicted molar refractivity (Wildman–Crippen MR) is 97.2 cm³/mol. The summed E-state index contributed by atoms with van der Waals surface area (Å²) in [7, 11) is 0. The first-order chi connectivity index (χ1) is 11.6. The van der Waals surface area contributed by atoms with Gasteiger partial charge < -0.3 is 5.32 Å². The molecule has 24 heavy (non-hydrogen) atoms. The van der Waals surface area contributed by atoms with Crippen LogP contribution in [0.3, 0.4) is 0 Å². The number of thioether (sulfide) groups is 1. The number of halogens is 1. The van der Waals surface area contributed by atoms with Crippen LogP contribution in [0.4, 0.5) is 10.1 Å². The van der Waals surface area contributed by atoms with E-state index in [4.69, 9.17) is 0 Å². The molecule has 0 fully saturated rings. The van der Waals surface area contributed by atoms with Crippen molar-refractivity contribution in [1.29, 1.82) is 0 Å². The quantitative estimate of drug-likeness (QED) is 0.643. The van der Waals surface area contributed by atoms with Crippen LogP contribution in [0, 0.1) is 12.7 Å². The highest BCUT2D eigenvalue weighted by molar-refractivity contribution is 7.98. The number of nitrogens with one attached hydrogen (secondary N) is 1. The van der Waals surface area contributed by atoms with Gasteiger partial charge in [-0.25, -0.2) is 9.37 Å². The number of benzene rings is 2. The highest BCUT2D eigenvalue weighted by Crippen LogP contribution is 2.27. The SMILES string of the molecule is Cc1ccc(F)cc1NC(=O)c1ccccc1SCc1cscn1. The van der Waals surface area contributed by atoms with Crippen LogP contribution in [-0.2, 0) is 5.75 Å². The molecular weight excluding hydrogens is 343 g/mol. The number of hydrogen-bond donors (Lipinski definition) is 1. The fraction of sp³-hybridized carbons (Fsp3) is 0.111. The minimum Gasteiger partial charge on any atom is -0.322 e. The summed E-state index contributed by atoms with van der Waals surface area (Å²) in [6, 6.07) is 11.8. The van der Waals surface area contributed by atoms with Crippen molar-refractivity contribution in [2.75, 3.05) is 5.32 Å². The molecule has 1 N–H and O–H groups in total. The summed E-state index contributed by atoms with van der Waals surface area (Å²) in [4.78, 5) is 17.7. The van der Waals surface area contributed by atoms with E-state index in [1.165, 1.54) is 12.1 Å². The minimum absolute atomic E-state index is 0.245. The molecule has 122 valence electrons. The van der Waals surface area contributed by atoms with Crippen molar-refractivity contribution < 1.29 is 9.18 Å². The molecule has 0 aliphatic rings. The molecule has 3 aromatic rings. The lowest BCUT2D eigenvalue weighted by molar-refractivity contribution is 0.102. The number of anilines is 1. The third kappa shape index (κ3) is 4.01. The number of amides is 1. The van der Waals surface area contributed by atoms with Gasteiger partial charge in [0.25, 0.3) is 5.91 Å². The van der Waals surface area contributed by atoms with Crippen LogP contribution in [-0.4, -0.2) is 10.9 Å². The molecule has 0 bridgehead atoms. The van der Waals surface area contributed by atoms with Crippen LogP contribution < -0.4 is 5.32 Å². The van der Waals surface area contributed by atoms with Gasteiger partial charge in [0, 0.05) is 21.7 Å². The average molecular weight is 358 g/mol. The Hall–Kier alpha value is -2.18. The largest absolute Gasteiger partial charge is 0.322 e. The number of thiazole rings is 1. The van der Waals surface area contributed by atoms with E-state index in [0.717, 1.165) is 16.2 Å². The first kappa shape index (κ1) is 16.7. The highest BCUT2D eigenvalue weighted by Gasteiger charge is 2.13. The molecule has 2 aromatic carbocycles. The Morgan fingerprint density at radius 2 is 2.12 bits per heavy atom. The highest BCUT2D eigenvalue weighted by atomic mass is 32.2. The number of aromatic nitrogens is 1. The van der Waals surface area contributed by atoms with Gasteiger partial charge in [0.05, 0.1) is 16.8 Å². The summed E-state index contributed by atoms with van der Waals surface area (Å²) in [6.45, 7) is 1.83. The lowest BCUT2D eigenvalue weighted by Crippen LogP contribution is -2.14. The molecule has 0 radical (unpaired) electrons. The van der Waals surface area contributed by atoms with Gasteiger partial charge >= 0.3 is 0 Å². The Labute approximate surface area is 148 Å². The number of carbonyl (C=O) groups excluding carboxylic acids is 1. The fourth-order valence-corrected chi connectivity index (χ4v) is 3.78. The fourth-order valence-electron chi connectivity index (χ4n) is 2.16. The minimum atomic E-state index is -0.373. The van der Waals surface area contributed by atoms with Crippen molar-refractivity contribution >= 4 is 34.7 Å². The van der Waals surface area contributed by atoms with Gasteiger partial charge in [0.2, 0.25) is 0 Å². The molecule has 1 amide bonds. The maximum Gasteiger partial charge on any atom is 0.256 e. The zero-order valence-corrected chi connectivity index (χ0v) is 14.6. The maximum atomic E-state index is 13.4. The molecule has 1 heterocycles. The summed E-state index contributed by atoms with van der Waals surface area (Å²) in [5.41, 5.74) is 4.65. The lowest BCUT2D eigenvalue weighted by atomic mass is 10.1. The first-order valence-electron chi connectivity index (χ1n) is 7.30. The number of nitrogens with zero attached hydrogens (tertiary/aromatic N) is 1. The van der Waals surface area contributed by atoms with E-state index in [-0.39, 0.29) is 11.7 Å². The number of aryl methyl sites for hydroxylation is 1. The predicted octanol–water partition coefficient (Wildman–Crippen LogP) is 5.14. The van der Waals surface area contributed by atoms with E-state index < -0.39 is 0 Å². The van der Waals surface area contributed by atoms with Gasteiger partial charge in [-0.3, -0.25) is 4.79 Å². The van der Waals surface area contributed by atoms with Crippen LogP contribution >= 0.6 is 23.1 Å². The monoisotopic (exact) mass is 358 g/mol. The van der Waals surface area contributed by atoms with E-state index in [1.807, 2.05) is 30.5 Å². The number of carbonyl (C=O) groups is 1. The number of rotatable bonds is 5. The summed E-state index contributed by atoms with van der Waals surface area (Å²) in [5, 5.41) is 4.79. The van der Waals surface area contributed by atoms with E-state index in [2.05, 4.69) is 10.3 Å². The second kappa shape index (κ2) is 7.59. The summed E-state index contributed by atoms with van der Waals surface area (Å²) < 4.78 is 13.4. The van der Waals surface area contributed by atoms with Crippen LogP contribution in [0.15, 0.2) is 58.3 Å². The van der Waals surface area contributed by atoms with E-state index >= 15 is 0 Å². The second-order valence-electron chi connectivity index (χ2n) is 5.18. The van der Waals surface area contributed by atoms with Gasteiger partial charge in [-0.15, -0.1) is 23.1 Å². The molecule has 0 saturated carbocycles. The van der Waals surface area contributed by atoms with Gasteiger partial charge in [0.1, 0.15) is 5.82 Å². The van der Waals surface area contributed by atoms with Crippen LogP contribution in [0.25, 0.3) is 0 Å². The van der Waals surface area contributed by atoms with E-state index in [0.29, 0.717) is 17.0 Å². The molecule has 0 spiro atoms. The van der Waals surface area contributed by atoms with Crippen LogP contribution in [0.1, 0.15) is 21.6 Å². The Balaban J connectivity index is 1.78. The Bertz CT molecular complexity index is 850. The molecule has 3 nitrogen and oxygen atoms in total. The molecule has 6 heteroatoms. The zero-order chi connectivity index (χ0) is 16.9. The van der Waals surface area contributed by atoms with Gasteiger partial charge in [-0.05, 0) is 36.8 Å². The van der Waals surface area contributed by atoms with Crippen molar-refractivity contribution in [1.82, 2.24) is 4.98 Å². The lowest BCUT2D eigenvalue weighted by Gasteiger charge is -2.11. The smallest absolute Gasteiger partial charge is 0.256 e. The second-order valence-corrected chi connectivity index (χ2v) is 6.91. The third-order valence-electron chi connectivity index (χ3n) is 3.44.